The van der Waals surface area contributed by atoms with Crippen molar-refractivity contribution in [3.63, 3.8) is 0 Å². The third-order valence-electron chi connectivity index (χ3n) is 4.80. The van der Waals surface area contributed by atoms with Crippen LogP contribution in [0, 0.1) is 11.8 Å². The van der Waals surface area contributed by atoms with Crippen LogP contribution in [-0.4, -0.2) is 32.7 Å². The molecule has 0 unspecified atom stereocenters. The number of esters is 1. The van der Waals surface area contributed by atoms with Gasteiger partial charge in [0.05, 0.1) is 23.8 Å². The monoisotopic (exact) mass is 407 g/mol. The SMILES string of the molecule is COC(=O)[C@H](C)[C@H](C)S(=O)(=O)NC(=O)[C@@H]1C[C@H]1c1ccccc1C(F)(F)F. The van der Waals surface area contributed by atoms with Crippen LogP contribution in [0.3, 0.4) is 0 Å². The minimum absolute atomic E-state index is 0.0291. The fourth-order valence-electron chi connectivity index (χ4n) is 2.86. The largest absolute Gasteiger partial charge is 0.469 e. The summed E-state index contributed by atoms with van der Waals surface area (Å²) in [6.07, 6.45) is -4.44. The van der Waals surface area contributed by atoms with Crippen LogP contribution in [0.5, 0.6) is 0 Å². The summed E-state index contributed by atoms with van der Waals surface area (Å²) in [6, 6.07) is 4.91. The molecule has 1 fully saturated rings. The maximum atomic E-state index is 13.1. The van der Waals surface area contributed by atoms with Crippen molar-refractivity contribution >= 4 is 21.9 Å². The summed E-state index contributed by atoms with van der Waals surface area (Å²) in [5.74, 6) is -4.21. The summed E-state index contributed by atoms with van der Waals surface area (Å²) < 4.78 is 70.2. The zero-order chi connectivity index (χ0) is 20.6. The van der Waals surface area contributed by atoms with Gasteiger partial charge in [0.15, 0.2) is 0 Å². The first-order chi connectivity index (χ1) is 12.4. The van der Waals surface area contributed by atoms with E-state index in [9.17, 15) is 31.2 Å². The molecule has 10 heteroatoms. The first kappa shape index (κ1) is 21.2. The number of halogens is 3. The molecule has 1 saturated carbocycles. The number of sulfonamides is 1. The highest BCUT2D eigenvalue weighted by atomic mass is 32.2. The van der Waals surface area contributed by atoms with Crippen molar-refractivity contribution in [2.75, 3.05) is 7.11 Å². The Morgan fingerprint density at radius 3 is 2.37 bits per heavy atom. The van der Waals surface area contributed by atoms with Gasteiger partial charge in [-0.3, -0.25) is 14.3 Å². The number of nitrogens with one attached hydrogen (secondary N) is 1. The zero-order valence-corrected chi connectivity index (χ0v) is 15.7. The van der Waals surface area contributed by atoms with Gasteiger partial charge in [0.2, 0.25) is 15.9 Å². The van der Waals surface area contributed by atoms with Gasteiger partial charge in [-0.05, 0) is 30.9 Å². The van der Waals surface area contributed by atoms with E-state index in [2.05, 4.69) is 4.74 Å². The molecule has 1 aromatic rings. The van der Waals surface area contributed by atoms with Crippen molar-refractivity contribution in [3.8, 4) is 0 Å². The molecule has 0 aromatic heterocycles. The van der Waals surface area contributed by atoms with Crippen molar-refractivity contribution in [3.05, 3.63) is 35.4 Å². The lowest BCUT2D eigenvalue weighted by atomic mass is 10.0. The van der Waals surface area contributed by atoms with Gasteiger partial charge in [-0.15, -0.1) is 0 Å². The molecule has 1 N–H and O–H groups in total. The topological polar surface area (TPSA) is 89.5 Å². The number of benzene rings is 1. The second-order valence-electron chi connectivity index (χ2n) is 6.56. The third kappa shape index (κ3) is 4.60. The number of alkyl halides is 3. The Morgan fingerprint density at radius 1 is 1.22 bits per heavy atom. The van der Waals surface area contributed by atoms with Crippen LogP contribution in [0.1, 0.15) is 37.3 Å². The van der Waals surface area contributed by atoms with E-state index in [4.69, 9.17) is 0 Å². The fourth-order valence-corrected chi connectivity index (χ4v) is 4.13. The fraction of sp³-hybridized carbons (Fsp3) is 0.529. The van der Waals surface area contributed by atoms with Crippen molar-refractivity contribution in [2.24, 2.45) is 11.8 Å². The predicted molar refractivity (Wildman–Crippen MR) is 90.0 cm³/mol. The zero-order valence-electron chi connectivity index (χ0n) is 14.9. The molecule has 0 heterocycles. The Morgan fingerprint density at radius 2 is 1.81 bits per heavy atom. The molecule has 2 rings (SSSR count). The van der Waals surface area contributed by atoms with Crippen LogP contribution in [0.2, 0.25) is 0 Å². The summed E-state index contributed by atoms with van der Waals surface area (Å²) in [4.78, 5) is 23.7. The summed E-state index contributed by atoms with van der Waals surface area (Å²) in [6.45, 7) is 2.60. The Kier molecular flexibility index (Phi) is 5.88. The van der Waals surface area contributed by atoms with Gasteiger partial charge in [-0.25, -0.2) is 8.42 Å². The minimum Gasteiger partial charge on any atom is -0.469 e. The molecule has 4 atom stereocenters. The van der Waals surface area contributed by atoms with Crippen LogP contribution < -0.4 is 4.72 Å². The average Bonchev–Trinajstić information content (AvgIpc) is 3.39. The van der Waals surface area contributed by atoms with Crippen molar-refractivity contribution in [1.29, 1.82) is 0 Å². The summed E-state index contributed by atoms with van der Waals surface area (Å²) >= 11 is 0. The second kappa shape index (κ2) is 7.49. The number of carbonyl (C=O) groups is 2. The quantitative estimate of drug-likeness (QED) is 0.732. The van der Waals surface area contributed by atoms with Gasteiger partial charge >= 0.3 is 12.1 Å². The first-order valence-electron chi connectivity index (χ1n) is 8.19. The van der Waals surface area contributed by atoms with E-state index < -0.39 is 56.6 Å². The lowest BCUT2D eigenvalue weighted by Gasteiger charge is -2.18. The number of amides is 1. The van der Waals surface area contributed by atoms with Crippen LogP contribution in [0.25, 0.3) is 0 Å². The number of hydrogen-bond acceptors (Lipinski definition) is 5. The second-order valence-corrected chi connectivity index (χ2v) is 8.60. The molecule has 0 aliphatic heterocycles. The van der Waals surface area contributed by atoms with Crippen LogP contribution in [-0.2, 0) is 30.5 Å². The van der Waals surface area contributed by atoms with E-state index >= 15 is 0 Å². The standard InChI is InChI=1S/C17H20F3NO5S/c1-9(16(23)26-3)10(2)27(24,25)21-15(22)13-8-12(13)11-6-4-5-7-14(11)17(18,19)20/h4-7,9-10,12-13H,8H2,1-3H3,(H,21,22)/t9-,10+,12+,13-/m1/s1. The Hall–Kier alpha value is -2.10. The van der Waals surface area contributed by atoms with E-state index in [1.165, 1.54) is 32.0 Å². The van der Waals surface area contributed by atoms with Gasteiger partial charge in [0.25, 0.3) is 0 Å². The molecular weight excluding hydrogens is 387 g/mol. The van der Waals surface area contributed by atoms with Crippen molar-refractivity contribution < 1.29 is 35.9 Å². The van der Waals surface area contributed by atoms with Crippen LogP contribution >= 0.6 is 0 Å². The van der Waals surface area contributed by atoms with E-state index in [0.29, 0.717) is 0 Å². The average molecular weight is 407 g/mol. The number of methoxy groups -OCH3 is 1. The Balaban J connectivity index is 2.11. The van der Waals surface area contributed by atoms with Gasteiger partial charge in [0.1, 0.15) is 0 Å². The molecule has 0 saturated heterocycles. The molecule has 1 aliphatic rings. The lowest BCUT2D eigenvalue weighted by Crippen LogP contribution is -2.42. The smallest absolute Gasteiger partial charge is 0.416 e. The highest BCUT2D eigenvalue weighted by Crippen LogP contribution is 2.51. The normalized spacial score (nSPS) is 21.9. The third-order valence-corrected chi connectivity index (χ3v) is 6.68. The van der Waals surface area contributed by atoms with E-state index in [1.807, 2.05) is 4.72 Å². The predicted octanol–water partition coefficient (Wildman–Crippen LogP) is 2.45. The van der Waals surface area contributed by atoms with Gasteiger partial charge in [-0.1, -0.05) is 25.1 Å². The first-order valence-corrected chi connectivity index (χ1v) is 9.74. The molecule has 1 amide bonds. The van der Waals surface area contributed by atoms with Gasteiger partial charge in [0, 0.05) is 5.92 Å². The minimum atomic E-state index is -4.56. The molecular formula is C17H20F3NO5S. The van der Waals surface area contributed by atoms with Crippen molar-refractivity contribution in [1.82, 2.24) is 4.72 Å². The molecule has 1 aromatic carbocycles. The van der Waals surface area contributed by atoms with Gasteiger partial charge in [-0.2, -0.15) is 13.2 Å². The lowest BCUT2D eigenvalue weighted by molar-refractivity contribution is -0.144. The number of rotatable bonds is 6. The van der Waals surface area contributed by atoms with E-state index in [0.717, 1.165) is 13.2 Å². The molecule has 0 spiro atoms. The molecule has 1 aliphatic carbocycles. The molecule has 6 nitrogen and oxygen atoms in total. The Bertz CT molecular complexity index is 837. The molecule has 0 radical (unpaired) electrons. The van der Waals surface area contributed by atoms with E-state index in [1.54, 1.807) is 0 Å². The maximum absolute atomic E-state index is 13.1. The summed E-state index contributed by atoms with van der Waals surface area (Å²) in [7, 11) is -3.07. The van der Waals surface area contributed by atoms with Crippen LogP contribution in [0.4, 0.5) is 13.2 Å². The van der Waals surface area contributed by atoms with Crippen molar-refractivity contribution in [2.45, 2.75) is 37.6 Å². The maximum Gasteiger partial charge on any atom is 0.416 e. The van der Waals surface area contributed by atoms with E-state index in [-0.39, 0.29) is 12.0 Å². The number of hydrogen-bond donors (Lipinski definition) is 1. The molecule has 150 valence electrons. The summed E-state index contributed by atoms with van der Waals surface area (Å²) in [5, 5.41) is -1.24. The number of carbonyl (C=O) groups excluding carboxylic acids is 2. The highest BCUT2D eigenvalue weighted by molar-refractivity contribution is 7.90. The number of ether oxygens (including phenoxy) is 1. The molecule has 0 bridgehead atoms. The summed E-state index contributed by atoms with van der Waals surface area (Å²) in [5.41, 5.74) is -0.862. The molecule has 27 heavy (non-hydrogen) atoms. The Labute approximate surface area is 155 Å². The van der Waals surface area contributed by atoms with Crippen LogP contribution in [0.15, 0.2) is 24.3 Å². The highest BCUT2D eigenvalue weighted by Gasteiger charge is 2.49. The van der Waals surface area contributed by atoms with Gasteiger partial charge < -0.3 is 4.74 Å².